The van der Waals surface area contributed by atoms with E-state index < -0.39 is 17.3 Å². The van der Waals surface area contributed by atoms with Gasteiger partial charge < -0.3 is 4.98 Å². The Balaban J connectivity index is 2.41. The van der Waals surface area contributed by atoms with E-state index >= 15 is 0 Å². The number of H-pyrrole nitrogens is 1. The Bertz CT molecular complexity index is 741. The molecule has 0 saturated heterocycles. The topological polar surface area (TPSA) is 62.8 Å². The number of benzene rings is 1. The largest absolute Gasteiger partial charge is 0.417 e. The van der Waals surface area contributed by atoms with Crippen LogP contribution in [0.25, 0.3) is 0 Å². The van der Waals surface area contributed by atoms with Gasteiger partial charge in [-0.15, -0.1) is 0 Å². The van der Waals surface area contributed by atoms with Crippen LogP contribution in [-0.2, 0) is 6.18 Å². The Morgan fingerprint density at radius 3 is 2.57 bits per heavy atom. The highest BCUT2D eigenvalue weighted by atomic mass is 32.2. The number of aldehydes is 1. The third-order valence-electron chi connectivity index (χ3n) is 2.52. The first kappa shape index (κ1) is 15.3. The van der Waals surface area contributed by atoms with Crippen LogP contribution in [0.4, 0.5) is 13.2 Å². The molecule has 8 heteroatoms. The van der Waals surface area contributed by atoms with Crippen molar-refractivity contribution in [3.05, 3.63) is 51.4 Å². The lowest BCUT2D eigenvalue weighted by atomic mass is 10.1. The van der Waals surface area contributed by atoms with Crippen molar-refractivity contribution >= 4 is 18.0 Å². The lowest BCUT2D eigenvalue weighted by molar-refractivity contribution is -0.138. The molecule has 0 spiro atoms. The van der Waals surface area contributed by atoms with Crippen molar-refractivity contribution in [1.82, 2.24) is 9.97 Å². The Morgan fingerprint density at radius 2 is 2.00 bits per heavy atom. The second kappa shape index (κ2) is 5.72. The number of nitrogens with one attached hydrogen (secondary N) is 1. The van der Waals surface area contributed by atoms with E-state index in [2.05, 4.69) is 9.97 Å². The number of hydrogen-bond donors (Lipinski definition) is 1. The molecule has 1 N–H and O–H groups in total. The third-order valence-corrected chi connectivity index (χ3v) is 3.40. The van der Waals surface area contributed by atoms with E-state index in [1.807, 2.05) is 0 Å². The second-order valence-electron chi connectivity index (χ2n) is 4.16. The van der Waals surface area contributed by atoms with E-state index in [9.17, 15) is 22.8 Å². The number of aryl methyl sites for hydroxylation is 1. The van der Waals surface area contributed by atoms with Gasteiger partial charge in [0.25, 0.3) is 5.56 Å². The van der Waals surface area contributed by atoms with Crippen LogP contribution in [0.5, 0.6) is 0 Å². The number of nitrogens with zero attached hydrogens (tertiary/aromatic N) is 1. The maximum atomic E-state index is 12.8. The van der Waals surface area contributed by atoms with Crippen molar-refractivity contribution in [1.29, 1.82) is 0 Å². The summed E-state index contributed by atoms with van der Waals surface area (Å²) in [6.07, 6.45) is -4.47. The van der Waals surface area contributed by atoms with Crippen molar-refractivity contribution < 1.29 is 18.0 Å². The van der Waals surface area contributed by atoms with Crippen molar-refractivity contribution in [2.75, 3.05) is 0 Å². The summed E-state index contributed by atoms with van der Waals surface area (Å²) in [6.45, 7) is 1.61. The van der Waals surface area contributed by atoms with Gasteiger partial charge in [0.2, 0.25) is 0 Å². The molecule has 0 aliphatic rings. The predicted molar refractivity (Wildman–Crippen MR) is 70.5 cm³/mol. The molecule has 2 rings (SSSR count). The maximum Gasteiger partial charge on any atom is 0.417 e. The van der Waals surface area contributed by atoms with E-state index in [4.69, 9.17) is 0 Å². The quantitative estimate of drug-likeness (QED) is 0.698. The molecule has 1 heterocycles. The zero-order valence-corrected chi connectivity index (χ0v) is 11.5. The highest BCUT2D eigenvalue weighted by Gasteiger charge is 2.33. The average molecular weight is 314 g/mol. The minimum Gasteiger partial charge on any atom is -0.301 e. The highest BCUT2D eigenvalue weighted by Crippen LogP contribution is 2.35. The van der Waals surface area contributed by atoms with E-state index in [0.717, 1.165) is 23.9 Å². The minimum atomic E-state index is -4.62. The lowest BCUT2D eigenvalue weighted by Gasteiger charge is -2.11. The molecule has 4 nitrogen and oxygen atoms in total. The SMILES string of the molecule is Cc1cc(=O)[nH]c(Sc2ccc(C=O)c(C(F)(F)F)c2)n1. The molecule has 0 radical (unpaired) electrons. The van der Waals surface area contributed by atoms with Crippen LogP contribution < -0.4 is 5.56 Å². The molecule has 1 aromatic carbocycles. The first-order valence-electron chi connectivity index (χ1n) is 5.72. The monoisotopic (exact) mass is 314 g/mol. The van der Waals surface area contributed by atoms with E-state index in [1.165, 1.54) is 12.1 Å². The molecule has 0 aliphatic carbocycles. The lowest BCUT2D eigenvalue weighted by Crippen LogP contribution is -2.09. The van der Waals surface area contributed by atoms with Gasteiger partial charge in [0.1, 0.15) is 0 Å². The molecule has 110 valence electrons. The summed E-state index contributed by atoms with van der Waals surface area (Å²) in [7, 11) is 0. The third kappa shape index (κ3) is 3.72. The van der Waals surface area contributed by atoms with Crippen molar-refractivity contribution in [2.24, 2.45) is 0 Å². The molecule has 0 bridgehead atoms. The molecule has 0 fully saturated rings. The van der Waals surface area contributed by atoms with Gasteiger partial charge >= 0.3 is 6.18 Å². The normalized spacial score (nSPS) is 11.4. The summed E-state index contributed by atoms with van der Waals surface area (Å²) in [5.74, 6) is 0. The maximum absolute atomic E-state index is 12.8. The Kier molecular flexibility index (Phi) is 4.17. The smallest absolute Gasteiger partial charge is 0.301 e. The molecule has 0 atom stereocenters. The highest BCUT2D eigenvalue weighted by molar-refractivity contribution is 7.99. The van der Waals surface area contributed by atoms with Gasteiger partial charge in [-0.25, -0.2) is 4.98 Å². The van der Waals surface area contributed by atoms with Crippen LogP contribution in [0.15, 0.2) is 39.1 Å². The van der Waals surface area contributed by atoms with Crippen LogP contribution in [0.1, 0.15) is 21.6 Å². The number of aromatic amines is 1. The summed E-state index contributed by atoms with van der Waals surface area (Å²) in [5, 5.41) is 0.187. The van der Waals surface area contributed by atoms with Crippen LogP contribution in [0.2, 0.25) is 0 Å². The summed E-state index contributed by atoms with van der Waals surface area (Å²) in [6, 6.07) is 4.59. The molecule has 0 aliphatic heterocycles. The summed E-state index contributed by atoms with van der Waals surface area (Å²) < 4.78 is 38.5. The first-order valence-corrected chi connectivity index (χ1v) is 6.53. The number of rotatable bonds is 3. The van der Waals surface area contributed by atoms with Crippen LogP contribution in [0.3, 0.4) is 0 Å². The summed E-state index contributed by atoms with van der Waals surface area (Å²) in [4.78, 5) is 28.6. The Hall–Kier alpha value is -2.09. The Labute approximate surface area is 121 Å². The fourth-order valence-electron chi connectivity index (χ4n) is 1.66. The van der Waals surface area contributed by atoms with Gasteiger partial charge in [0.05, 0.1) is 5.56 Å². The second-order valence-corrected chi connectivity index (χ2v) is 5.22. The predicted octanol–water partition coefficient (Wildman–Crippen LogP) is 3.06. The van der Waals surface area contributed by atoms with Gasteiger partial charge in [-0.3, -0.25) is 9.59 Å². The standard InChI is InChI=1S/C13H9F3N2O2S/c1-7-4-11(20)18-12(17-7)21-9-3-2-8(6-19)10(5-9)13(14,15)16/h2-6H,1H3,(H,17,18,20). The zero-order chi connectivity index (χ0) is 15.6. The van der Waals surface area contributed by atoms with Crippen molar-refractivity contribution in [3.8, 4) is 0 Å². The fourth-order valence-corrected chi connectivity index (χ4v) is 2.54. The molecular weight excluding hydrogens is 305 g/mol. The van der Waals surface area contributed by atoms with E-state index in [-0.39, 0.29) is 21.9 Å². The molecule has 1 aromatic heterocycles. The Morgan fingerprint density at radius 1 is 1.29 bits per heavy atom. The van der Waals surface area contributed by atoms with Gasteiger partial charge in [-0.1, -0.05) is 11.8 Å². The number of halogens is 3. The molecular formula is C13H9F3N2O2S. The number of aromatic nitrogens is 2. The van der Waals surface area contributed by atoms with Crippen LogP contribution in [0, 0.1) is 6.92 Å². The van der Waals surface area contributed by atoms with Gasteiger partial charge in [0.15, 0.2) is 11.4 Å². The number of carbonyl (C=O) groups is 1. The average Bonchev–Trinajstić information content (AvgIpc) is 2.36. The van der Waals surface area contributed by atoms with Crippen molar-refractivity contribution in [2.45, 2.75) is 23.2 Å². The molecule has 21 heavy (non-hydrogen) atoms. The van der Waals surface area contributed by atoms with Gasteiger partial charge in [0, 0.05) is 22.2 Å². The minimum absolute atomic E-state index is 0.157. The van der Waals surface area contributed by atoms with Gasteiger partial charge in [-0.2, -0.15) is 13.2 Å². The molecule has 0 amide bonds. The van der Waals surface area contributed by atoms with Crippen LogP contribution >= 0.6 is 11.8 Å². The number of carbonyl (C=O) groups excluding carboxylic acids is 1. The summed E-state index contributed by atoms with van der Waals surface area (Å²) in [5.41, 5.74) is -1.37. The summed E-state index contributed by atoms with van der Waals surface area (Å²) >= 11 is 0.883. The number of hydrogen-bond acceptors (Lipinski definition) is 4. The zero-order valence-electron chi connectivity index (χ0n) is 10.7. The molecule has 0 unspecified atom stereocenters. The van der Waals surface area contributed by atoms with E-state index in [1.54, 1.807) is 6.92 Å². The van der Waals surface area contributed by atoms with E-state index in [0.29, 0.717) is 5.69 Å². The first-order chi connectivity index (χ1) is 9.79. The molecule has 2 aromatic rings. The number of alkyl halides is 3. The fraction of sp³-hybridized carbons (Fsp3) is 0.154. The molecule has 0 saturated carbocycles. The van der Waals surface area contributed by atoms with Gasteiger partial charge in [-0.05, 0) is 25.1 Å². The van der Waals surface area contributed by atoms with Crippen LogP contribution in [-0.4, -0.2) is 16.3 Å². The van der Waals surface area contributed by atoms with Crippen molar-refractivity contribution in [3.63, 3.8) is 0 Å².